The standard InChI is InChI=1S/C16H15F3N6O3S/c17-16(18,19)28-12-1-3-13(4-2-12)29(26,27)24-9-7-23(8-10-24)15-6-5-14-21-20-11-25(14)22-15/h1-6,11H,7-10H2. The topological polar surface area (TPSA) is 92.9 Å². The van der Waals surface area contributed by atoms with Crippen LogP contribution in [-0.4, -0.2) is 65.1 Å². The minimum atomic E-state index is -4.83. The molecule has 9 nitrogen and oxygen atoms in total. The molecule has 0 radical (unpaired) electrons. The van der Waals surface area contributed by atoms with Crippen molar-refractivity contribution < 1.29 is 26.3 Å². The van der Waals surface area contributed by atoms with Crippen molar-refractivity contribution in [2.75, 3.05) is 31.1 Å². The minimum Gasteiger partial charge on any atom is -0.406 e. The Morgan fingerprint density at radius 2 is 1.66 bits per heavy atom. The molecule has 0 unspecified atom stereocenters. The summed E-state index contributed by atoms with van der Waals surface area (Å²) in [4.78, 5) is 1.84. The van der Waals surface area contributed by atoms with E-state index in [1.165, 1.54) is 15.1 Å². The Hall–Kier alpha value is -2.93. The molecule has 0 aliphatic carbocycles. The van der Waals surface area contributed by atoms with Gasteiger partial charge < -0.3 is 9.64 Å². The summed E-state index contributed by atoms with van der Waals surface area (Å²) in [6, 6.07) is 7.72. The number of benzene rings is 1. The number of aromatic nitrogens is 4. The van der Waals surface area contributed by atoms with Gasteiger partial charge in [-0.25, -0.2) is 8.42 Å². The summed E-state index contributed by atoms with van der Waals surface area (Å²) in [6.45, 7) is 1.25. The summed E-state index contributed by atoms with van der Waals surface area (Å²) in [5.74, 6) is 0.194. The Morgan fingerprint density at radius 3 is 2.31 bits per heavy atom. The zero-order valence-corrected chi connectivity index (χ0v) is 15.6. The maximum Gasteiger partial charge on any atom is 0.573 e. The molecule has 2 aromatic heterocycles. The lowest BCUT2D eigenvalue weighted by molar-refractivity contribution is -0.274. The molecule has 4 rings (SSSR count). The van der Waals surface area contributed by atoms with Crippen LogP contribution in [0.2, 0.25) is 0 Å². The van der Waals surface area contributed by atoms with Crippen LogP contribution in [0.1, 0.15) is 0 Å². The molecule has 3 aromatic rings. The normalized spacial score (nSPS) is 16.3. The molecule has 0 atom stereocenters. The molecule has 29 heavy (non-hydrogen) atoms. The summed E-state index contributed by atoms with van der Waals surface area (Å²) in [6.07, 6.45) is -3.35. The highest BCUT2D eigenvalue weighted by atomic mass is 32.2. The summed E-state index contributed by atoms with van der Waals surface area (Å²) in [5, 5.41) is 12.0. The van der Waals surface area contributed by atoms with Gasteiger partial charge in [0.25, 0.3) is 0 Å². The molecule has 1 aliphatic rings. The molecule has 1 saturated heterocycles. The lowest BCUT2D eigenvalue weighted by Crippen LogP contribution is -2.49. The van der Waals surface area contributed by atoms with Crippen molar-refractivity contribution in [3.8, 4) is 5.75 Å². The van der Waals surface area contributed by atoms with Crippen LogP contribution in [0.15, 0.2) is 47.6 Å². The average Bonchev–Trinajstić information content (AvgIpc) is 3.15. The summed E-state index contributed by atoms with van der Waals surface area (Å²) in [7, 11) is -3.83. The van der Waals surface area contributed by atoms with Gasteiger partial charge in [0.2, 0.25) is 10.0 Å². The maximum atomic E-state index is 12.8. The zero-order chi connectivity index (χ0) is 20.6. The second-order valence-electron chi connectivity index (χ2n) is 6.24. The fourth-order valence-electron chi connectivity index (χ4n) is 3.01. The number of ether oxygens (including phenoxy) is 1. The first-order valence-corrected chi connectivity index (χ1v) is 9.94. The molecule has 13 heteroatoms. The Bertz CT molecular complexity index is 1110. The predicted octanol–water partition coefficient (Wildman–Crippen LogP) is 1.53. The van der Waals surface area contributed by atoms with Crippen molar-refractivity contribution in [2.24, 2.45) is 0 Å². The first kappa shape index (κ1) is 19.4. The van der Waals surface area contributed by atoms with Gasteiger partial charge in [0.05, 0.1) is 4.90 Å². The largest absolute Gasteiger partial charge is 0.573 e. The Kier molecular flexibility index (Phi) is 4.78. The predicted molar refractivity (Wildman–Crippen MR) is 94.9 cm³/mol. The molecule has 1 aliphatic heterocycles. The highest BCUT2D eigenvalue weighted by molar-refractivity contribution is 7.89. The summed E-state index contributed by atoms with van der Waals surface area (Å²) < 4.78 is 68.9. The van der Waals surface area contributed by atoms with Crippen molar-refractivity contribution in [2.45, 2.75) is 11.3 Å². The fourth-order valence-corrected chi connectivity index (χ4v) is 4.43. The third-order valence-corrected chi connectivity index (χ3v) is 6.32. The smallest absolute Gasteiger partial charge is 0.406 e. The van der Waals surface area contributed by atoms with Crippen molar-refractivity contribution >= 4 is 21.5 Å². The van der Waals surface area contributed by atoms with Crippen LogP contribution in [0.3, 0.4) is 0 Å². The van der Waals surface area contributed by atoms with Crippen LogP contribution in [0.5, 0.6) is 5.75 Å². The van der Waals surface area contributed by atoms with E-state index in [0.717, 1.165) is 24.3 Å². The molecular weight excluding hydrogens is 413 g/mol. The van der Waals surface area contributed by atoms with E-state index in [1.54, 1.807) is 12.1 Å². The number of nitrogens with zero attached hydrogens (tertiary/aromatic N) is 6. The third-order valence-electron chi connectivity index (χ3n) is 4.41. The first-order valence-electron chi connectivity index (χ1n) is 8.50. The van der Waals surface area contributed by atoms with E-state index in [4.69, 9.17) is 0 Å². The Morgan fingerprint density at radius 1 is 0.966 bits per heavy atom. The molecule has 0 bridgehead atoms. The van der Waals surface area contributed by atoms with Crippen LogP contribution in [0.25, 0.3) is 5.65 Å². The van der Waals surface area contributed by atoms with Gasteiger partial charge in [0, 0.05) is 26.2 Å². The van der Waals surface area contributed by atoms with Crippen molar-refractivity contribution in [3.05, 3.63) is 42.7 Å². The summed E-state index contributed by atoms with van der Waals surface area (Å²) in [5.41, 5.74) is 0.605. The highest BCUT2D eigenvalue weighted by Gasteiger charge is 2.32. The van der Waals surface area contributed by atoms with Gasteiger partial charge in [-0.2, -0.15) is 8.82 Å². The maximum absolute atomic E-state index is 12.8. The van der Waals surface area contributed by atoms with Gasteiger partial charge in [-0.15, -0.1) is 28.5 Å². The molecule has 1 fully saturated rings. The van der Waals surface area contributed by atoms with Crippen LogP contribution in [-0.2, 0) is 10.0 Å². The van der Waals surface area contributed by atoms with E-state index in [9.17, 15) is 21.6 Å². The van der Waals surface area contributed by atoms with Crippen molar-refractivity contribution in [3.63, 3.8) is 0 Å². The van der Waals surface area contributed by atoms with E-state index in [0.29, 0.717) is 24.6 Å². The van der Waals surface area contributed by atoms with Gasteiger partial charge in [0.1, 0.15) is 17.9 Å². The number of anilines is 1. The Balaban J connectivity index is 1.44. The van der Waals surface area contributed by atoms with Crippen LogP contribution in [0.4, 0.5) is 19.0 Å². The fraction of sp³-hybridized carbons (Fsp3) is 0.312. The van der Waals surface area contributed by atoms with Crippen molar-refractivity contribution in [1.29, 1.82) is 0 Å². The van der Waals surface area contributed by atoms with Gasteiger partial charge in [-0.05, 0) is 36.4 Å². The van der Waals surface area contributed by atoms with Crippen LogP contribution in [0, 0.1) is 0 Å². The number of hydrogen-bond donors (Lipinski definition) is 0. The monoisotopic (exact) mass is 428 g/mol. The molecular formula is C16H15F3N6O3S. The lowest BCUT2D eigenvalue weighted by atomic mass is 10.3. The van der Waals surface area contributed by atoms with Gasteiger partial charge in [-0.3, -0.25) is 0 Å². The Labute approximate surface area is 163 Å². The number of rotatable bonds is 4. The van der Waals surface area contributed by atoms with Crippen LogP contribution >= 0.6 is 0 Å². The van der Waals surface area contributed by atoms with E-state index in [1.807, 2.05) is 4.90 Å². The molecule has 3 heterocycles. The van der Waals surface area contributed by atoms with E-state index in [-0.39, 0.29) is 18.0 Å². The molecule has 154 valence electrons. The molecule has 0 saturated carbocycles. The number of halogens is 3. The molecule has 0 amide bonds. The number of piperazine rings is 1. The number of fused-ring (bicyclic) bond motifs is 1. The second-order valence-corrected chi connectivity index (χ2v) is 8.17. The summed E-state index contributed by atoms with van der Waals surface area (Å²) >= 11 is 0. The molecule has 0 spiro atoms. The molecule has 0 N–H and O–H groups in total. The van der Waals surface area contributed by atoms with Crippen molar-refractivity contribution in [1.82, 2.24) is 24.1 Å². The van der Waals surface area contributed by atoms with E-state index in [2.05, 4.69) is 20.0 Å². The van der Waals surface area contributed by atoms with E-state index < -0.39 is 22.1 Å². The number of sulfonamides is 1. The third kappa shape index (κ3) is 4.10. The van der Waals surface area contributed by atoms with Gasteiger partial charge in [0.15, 0.2) is 5.65 Å². The SMILES string of the molecule is O=S(=O)(c1ccc(OC(F)(F)F)cc1)N1CCN(c2ccc3nncn3n2)CC1. The van der Waals surface area contributed by atoms with Gasteiger partial charge >= 0.3 is 6.36 Å². The minimum absolute atomic E-state index is 0.0930. The van der Waals surface area contributed by atoms with E-state index >= 15 is 0 Å². The number of alkyl halides is 3. The highest BCUT2D eigenvalue weighted by Crippen LogP contribution is 2.26. The molecule has 1 aromatic carbocycles. The average molecular weight is 428 g/mol. The zero-order valence-electron chi connectivity index (χ0n) is 14.8. The quantitative estimate of drug-likeness (QED) is 0.622. The van der Waals surface area contributed by atoms with Crippen LogP contribution < -0.4 is 9.64 Å². The van der Waals surface area contributed by atoms with Gasteiger partial charge in [-0.1, -0.05) is 0 Å². The number of hydrogen-bond acceptors (Lipinski definition) is 7. The first-order chi connectivity index (χ1) is 13.7. The second kappa shape index (κ2) is 7.15. The lowest BCUT2D eigenvalue weighted by Gasteiger charge is -2.34.